The highest BCUT2D eigenvalue weighted by Crippen LogP contribution is 2.35. The van der Waals surface area contributed by atoms with E-state index in [9.17, 15) is 14.9 Å². The highest BCUT2D eigenvalue weighted by atomic mass is 35.5. The number of tetrazole rings is 1. The molecule has 0 saturated carbocycles. The Bertz CT molecular complexity index is 1100. The third-order valence-corrected chi connectivity index (χ3v) is 5.43. The number of aryl methyl sites for hydroxylation is 2. The molecule has 10 nitrogen and oxygen atoms in total. The van der Waals surface area contributed by atoms with E-state index in [1.807, 2.05) is 0 Å². The van der Waals surface area contributed by atoms with Crippen LogP contribution in [0.1, 0.15) is 15.9 Å². The number of halogens is 1. The SMILES string of the molecule is COc1cc(Cl)c(C)cc1NC(=O)c1ccc(Sc2nnnn2C)c([N+](=O)[O-])c1. The van der Waals surface area contributed by atoms with Gasteiger partial charge in [0.2, 0.25) is 5.16 Å². The Morgan fingerprint density at radius 2 is 2.10 bits per heavy atom. The number of hydrogen-bond acceptors (Lipinski definition) is 8. The van der Waals surface area contributed by atoms with Crippen LogP contribution < -0.4 is 10.1 Å². The molecule has 0 aliphatic heterocycles. The molecule has 0 spiro atoms. The Morgan fingerprint density at radius 1 is 1.34 bits per heavy atom. The monoisotopic (exact) mass is 434 g/mol. The lowest BCUT2D eigenvalue weighted by molar-refractivity contribution is -0.387. The molecule has 150 valence electrons. The molecule has 2 aromatic carbocycles. The standard InChI is InChI=1S/C17H15ClN6O4S/c1-9-6-12(14(28-3)8-11(9)18)19-16(25)10-4-5-15(13(7-10)24(26)27)29-17-20-21-22-23(17)2/h4-8H,1-3H3,(H,19,25). The summed E-state index contributed by atoms with van der Waals surface area (Å²) >= 11 is 7.10. The summed E-state index contributed by atoms with van der Waals surface area (Å²) < 4.78 is 6.63. The van der Waals surface area contributed by atoms with Crippen molar-refractivity contribution in [3.05, 3.63) is 56.6 Å². The molecule has 0 bridgehead atoms. The van der Waals surface area contributed by atoms with Gasteiger partial charge in [0.25, 0.3) is 11.6 Å². The fourth-order valence-corrected chi connectivity index (χ4v) is 3.39. The van der Waals surface area contributed by atoms with Gasteiger partial charge in [-0.15, -0.1) is 5.10 Å². The van der Waals surface area contributed by atoms with Crippen LogP contribution in [-0.4, -0.2) is 38.1 Å². The normalized spacial score (nSPS) is 10.6. The van der Waals surface area contributed by atoms with E-state index in [0.717, 1.165) is 17.3 Å². The van der Waals surface area contributed by atoms with Gasteiger partial charge in [-0.3, -0.25) is 14.9 Å². The van der Waals surface area contributed by atoms with Crippen LogP contribution in [0.15, 0.2) is 40.4 Å². The van der Waals surface area contributed by atoms with E-state index in [1.54, 1.807) is 26.1 Å². The maximum atomic E-state index is 12.7. The lowest BCUT2D eigenvalue weighted by Gasteiger charge is -2.12. The van der Waals surface area contributed by atoms with Gasteiger partial charge >= 0.3 is 0 Å². The molecule has 29 heavy (non-hydrogen) atoms. The second-order valence-electron chi connectivity index (χ2n) is 5.88. The van der Waals surface area contributed by atoms with Gasteiger partial charge in [-0.2, -0.15) is 0 Å². The third-order valence-electron chi connectivity index (χ3n) is 3.93. The highest BCUT2D eigenvalue weighted by Gasteiger charge is 2.21. The number of benzene rings is 2. The smallest absolute Gasteiger partial charge is 0.284 e. The Balaban J connectivity index is 1.90. The predicted molar refractivity (Wildman–Crippen MR) is 107 cm³/mol. The number of rotatable bonds is 6. The lowest BCUT2D eigenvalue weighted by Crippen LogP contribution is -2.13. The zero-order chi connectivity index (χ0) is 21.1. The molecule has 0 radical (unpaired) electrons. The Hall–Kier alpha value is -3.18. The number of amides is 1. The van der Waals surface area contributed by atoms with Crippen LogP contribution in [0.5, 0.6) is 5.75 Å². The number of methoxy groups -OCH3 is 1. The van der Waals surface area contributed by atoms with Crippen LogP contribution >= 0.6 is 23.4 Å². The second kappa shape index (κ2) is 8.45. The van der Waals surface area contributed by atoms with Crippen molar-refractivity contribution < 1.29 is 14.5 Å². The summed E-state index contributed by atoms with van der Waals surface area (Å²) in [5.74, 6) is -0.143. The van der Waals surface area contributed by atoms with E-state index in [0.29, 0.717) is 26.5 Å². The minimum atomic E-state index is -0.560. The molecule has 1 aromatic heterocycles. The van der Waals surface area contributed by atoms with Crippen molar-refractivity contribution in [1.82, 2.24) is 20.2 Å². The van der Waals surface area contributed by atoms with Crippen molar-refractivity contribution in [3.63, 3.8) is 0 Å². The minimum Gasteiger partial charge on any atom is -0.495 e. The second-order valence-corrected chi connectivity index (χ2v) is 7.30. The van der Waals surface area contributed by atoms with Crippen LogP contribution in [-0.2, 0) is 7.05 Å². The van der Waals surface area contributed by atoms with E-state index in [2.05, 4.69) is 20.8 Å². The van der Waals surface area contributed by atoms with Crippen molar-refractivity contribution in [1.29, 1.82) is 0 Å². The number of carbonyl (C=O) groups is 1. The molecule has 1 amide bonds. The topological polar surface area (TPSA) is 125 Å². The molecule has 0 unspecified atom stereocenters. The van der Waals surface area contributed by atoms with Crippen LogP contribution in [0.3, 0.4) is 0 Å². The van der Waals surface area contributed by atoms with Gasteiger partial charge in [0.05, 0.1) is 22.6 Å². The average Bonchev–Trinajstić information content (AvgIpc) is 3.09. The average molecular weight is 435 g/mol. The summed E-state index contributed by atoms with van der Waals surface area (Å²) in [5, 5.41) is 26.1. The predicted octanol–water partition coefficient (Wildman–Crippen LogP) is 3.49. The Kier molecular flexibility index (Phi) is 5.99. The summed E-state index contributed by atoms with van der Waals surface area (Å²) in [4.78, 5) is 23.9. The van der Waals surface area contributed by atoms with E-state index in [-0.39, 0.29) is 11.3 Å². The fraction of sp³-hybridized carbons (Fsp3) is 0.176. The Morgan fingerprint density at radius 3 is 2.72 bits per heavy atom. The van der Waals surface area contributed by atoms with Crippen LogP contribution in [0.25, 0.3) is 0 Å². The molecule has 3 aromatic rings. The van der Waals surface area contributed by atoms with Crippen molar-refractivity contribution in [2.75, 3.05) is 12.4 Å². The summed E-state index contributed by atoms with van der Waals surface area (Å²) in [6.07, 6.45) is 0. The quantitative estimate of drug-likeness (QED) is 0.461. The van der Waals surface area contributed by atoms with Gasteiger partial charge in [0, 0.05) is 29.8 Å². The van der Waals surface area contributed by atoms with E-state index in [1.165, 1.54) is 30.0 Å². The van der Waals surface area contributed by atoms with Gasteiger partial charge in [0.15, 0.2) is 0 Å². The van der Waals surface area contributed by atoms with Gasteiger partial charge < -0.3 is 10.1 Å². The first-order chi connectivity index (χ1) is 13.8. The minimum absolute atomic E-state index is 0.117. The van der Waals surface area contributed by atoms with Crippen LogP contribution in [0.2, 0.25) is 5.02 Å². The molecule has 3 rings (SSSR count). The lowest BCUT2D eigenvalue weighted by atomic mass is 10.1. The molecule has 12 heteroatoms. The first-order valence-corrected chi connectivity index (χ1v) is 9.33. The number of ether oxygens (including phenoxy) is 1. The first-order valence-electron chi connectivity index (χ1n) is 8.14. The number of nitro groups is 1. The first kappa shape index (κ1) is 20.6. The maximum Gasteiger partial charge on any atom is 0.284 e. The number of carbonyl (C=O) groups excluding carboxylic acids is 1. The van der Waals surface area contributed by atoms with Gasteiger partial charge in [-0.05, 0) is 52.9 Å². The molecule has 0 aliphatic rings. The number of anilines is 1. The molecule has 0 aliphatic carbocycles. The van der Waals surface area contributed by atoms with Crippen molar-refractivity contribution in [2.45, 2.75) is 17.0 Å². The fourth-order valence-electron chi connectivity index (χ4n) is 2.42. The Labute approximate surface area is 174 Å². The number of aromatic nitrogens is 4. The van der Waals surface area contributed by atoms with Crippen molar-refractivity contribution in [3.8, 4) is 5.75 Å². The van der Waals surface area contributed by atoms with Crippen molar-refractivity contribution >= 4 is 40.6 Å². The number of hydrogen-bond donors (Lipinski definition) is 1. The van der Waals surface area contributed by atoms with Crippen LogP contribution in [0.4, 0.5) is 11.4 Å². The van der Waals surface area contributed by atoms with Crippen molar-refractivity contribution in [2.24, 2.45) is 7.05 Å². The van der Waals surface area contributed by atoms with Crippen LogP contribution in [0, 0.1) is 17.0 Å². The number of nitrogens with one attached hydrogen (secondary N) is 1. The van der Waals surface area contributed by atoms with Gasteiger partial charge in [0.1, 0.15) is 5.75 Å². The number of nitro benzene ring substituents is 1. The van der Waals surface area contributed by atoms with E-state index < -0.39 is 10.8 Å². The molecule has 0 fully saturated rings. The molecule has 0 saturated heterocycles. The molecule has 1 N–H and O–H groups in total. The molecular weight excluding hydrogens is 420 g/mol. The summed E-state index contributed by atoms with van der Waals surface area (Å²) in [6, 6.07) is 7.43. The summed E-state index contributed by atoms with van der Waals surface area (Å²) in [5.41, 5.74) is 1.04. The molecule has 0 atom stereocenters. The largest absolute Gasteiger partial charge is 0.495 e. The third kappa shape index (κ3) is 4.46. The zero-order valence-corrected chi connectivity index (χ0v) is 17.1. The molecular formula is C17H15ClN6O4S. The molecule has 1 heterocycles. The summed E-state index contributed by atoms with van der Waals surface area (Å²) in [7, 11) is 3.08. The summed E-state index contributed by atoms with van der Waals surface area (Å²) in [6.45, 7) is 1.79. The van der Waals surface area contributed by atoms with Gasteiger partial charge in [-0.25, -0.2) is 4.68 Å². The van der Waals surface area contributed by atoms with E-state index in [4.69, 9.17) is 16.3 Å². The number of nitrogens with zero attached hydrogens (tertiary/aromatic N) is 5. The highest BCUT2D eigenvalue weighted by molar-refractivity contribution is 7.99. The maximum absolute atomic E-state index is 12.7. The van der Waals surface area contributed by atoms with E-state index >= 15 is 0 Å². The zero-order valence-electron chi connectivity index (χ0n) is 15.5. The van der Waals surface area contributed by atoms with Gasteiger partial charge in [-0.1, -0.05) is 11.6 Å².